The van der Waals surface area contributed by atoms with Crippen molar-refractivity contribution in [2.75, 3.05) is 0 Å². The van der Waals surface area contributed by atoms with Gasteiger partial charge in [0.1, 0.15) is 0 Å². The molecule has 0 radical (unpaired) electrons. The molecular formula is C20H16ClF3N4O3. The van der Waals surface area contributed by atoms with Crippen LogP contribution in [0.2, 0.25) is 5.02 Å². The van der Waals surface area contributed by atoms with Crippen molar-refractivity contribution in [1.82, 2.24) is 20.5 Å². The summed E-state index contributed by atoms with van der Waals surface area (Å²) in [5, 5.41) is 22.3. The lowest BCUT2D eigenvalue weighted by molar-refractivity contribution is -0.276. The third kappa shape index (κ3) is 3.70. The molecule has 2 aromatic heterocycles. The number of hydrogen-bond acceptors (Lipinski definition) is 5. The van der Waals surface area contributed by atoms with Crippen LogP contribution in [0.1, 0.15) is 28.8 Å². The van der Waals surface area contributed by atoms with Crippen LogP contribution in [-0.2, 0) is 5.60 Å². The standard InChI is InChI=1S/C20H16ClF3N4O3/c21-10-4-14(13-8-26-28-15(13)5-10)19(30)6-11-12(7-19)17(11)27-18(29)9-1-2-25-16(3-9)31-20(22,23)24/h1-5,8,11-12,17,30H,6-7H2,(H,26,28)(H,27,29). The second-order valence-corrected chi connectivity index (χ2v) is 8.42. The van der Waals surface area contributed by atoms with E-state index in [9.17, 15) is 23.1 Å². The Labute approximate surface area is 178 Å². The van der Waals surface area contributed by atoms with E-state index in [1.807, 2.05) is 0 Å². The monoisotopic (exact) mass is 452 g/mol. The van der Waals surface area contributed by atoms with E-state index in [1.54, 1.807) is 18.3 Å². The number of amides is 1. The molecule has 162 valence electrons. The number of aliphatic hydroxyl groups is 1. The smallest absolute Gasteiger partial charge is 0.388 e. The number of halogens is 4. The number of nitrogens with one attached hydrogen (secondary N) is 2. The largest absolute Gasteiger partial charge is 0.574 e. The van der Waals surface area contributed by atoms with Crippen molar-refractivity contribution < 1.29 is 27.8 Å². The molecule has 3 aromatic rings. The van der Waals surface area contributed by atoms with Crippen molar-refractivity contribution in [2.45, 2.75) is 30.8 Å². The van der Waals surface area contributed by atoms with Gasteiger partial charge >= 0.3 is 6.36 Å². The highest BCUT2D eigenvalue weighted by Gasteiger charge is 2.62. The molecule has 31 heavy (non-hydrogen) atoms. The van der Waals surface area contributed by atoms with E-state index in [4.69, 9.17) is 11.6 Å². The lowest BCUT2D eigenvalue weighted by Crippen LogP contribution is -2.33. The van der Waals surface area contributed by atoms with Crippen molar-refractivity contribution in [1.29, 1.82) is 0 Å². The Morgan fingerprint density at radius 3 is 2.74 bits per heavy atom. The maximum atomic E-state index is 12.5. The first-order valence-corrected chi connectivity index (χ1v) is 9.89. The van der Waals surface area contributed by atoms with Gasteiger partial charge in [0, 0.05) is 34.3 Å². The molecule has 5 rings (SSSR count). The average molecular weight is 453 g/mol. The zero-order chi connectivity index (χ0) is 22.0. The number of H-pyrrole nitrogens is 1. The zero-order valence-electron chi connectivity index (χ0n) is 15.8. The molecule has 0 spiro atoms. The van der Waals surface area contributed by atoms with Crippen molar-refractivity contribution in [2.24, 2.45) is 11.8 Å². The summed E-state index contributed by atoms with van der Waals surface area (Å²) < 4.78 is 40.9. The maximum absolute atomic E-state index is 12.5. The summed E-state index contributed by atoms with van der Waals surface area (Å²) in [6.07, 6.45) is -1.30. The van der Waals surface area contributed by atoms with Gasteiger partial charge in [0.25, 0.3) is 5.91 Å². The van der Waals surface area contributed by atoms with Crippen molar-refractivity contribution >= 4 is 28.4 Å². The molecule has 0 bridgehead atoms. The predicted octanol–water partition coefficient (Wildman–Crippen LogP) is 3.54. The number of benzene rings is 1. The molecule has 2 unspecified atom stereocenters. The SMILES string of the molecule is O=C(NC1C2CC(O)(c3cc(Cl)cc4[nH]ncc34)CC21)c1ccnc(OC(F)(F)F)c1. The van der Waals surface area contributed by atoms with Crippen LogP contribution in [-0.4, -0.2) is 38.6 Å². The molecule has 2 fully saturated rings. The number of aromatic amines is 1. The Hall–Kier alpha value is -2.85. The van der Waals surface area contributed by atoms with Crippen LogP contribution in [0.5, 0.6) is 5.88 Å². The summed E-state index contributed by atoms with van der Waals surface area (Å²) in [6, 6.07) is 5.57. The normalized spacial score (nSPS) is 27.2. The summed E-state index contributed by atoms with van der Waals surface area (Å²) in [4.78, 5) is 16.0. The second-order valence-electron chi connectivity index (χ2n) is 7.98. The zero-order valence-corrected chi connectivity index (χ0v) is 16.5. The van der Waals surface area contributed by atoms with Gasteiger partial charge < -0.3 is 15.2 Å². The summed E-state index contributed by atoms with van der Waals surface area (Å²) in [6.45, 7) is 0. The van der Waals surface area contributed by atoms with E-state index in [0.29, 0.717) is 23.4 Å². The summed E-state index contributed by atoms with van der Waals surface area (Å²) in [5.41, 5.74) is 0.359. The van der Waals surface area contributed by atoms with Crippen LogP contribution in [0, 0.1) is 11.8 Å². The second kappa shape index (κ2) is 6.83. The van der Waals surface area contributed by atoms with E-state index in [-0.39, 0.29) is 23.4 Å². The summed E-state index contributed by atoms with van der Waals surface area (Å²) in [7, 11) is 0. The molecule has 3 N–H and O–H groups in total. The van der Waals surface area contributed by atoms with Gasteiger partial charge in [-0.1, -0.05) is 11.6 Å². The Morgan fingerprint density at radius 2 is 2.03 bits per heavy atom. The van der Waals surface area contributed by atoms with Crippen LogP contribution in [0.3, 0.4) is 0 Å². The maximum Gasteiger partial charge on any atom is 0.574 e. The first kappa shape index (κ1) is 20.1. The minimum absolute atomic E-state index is 0.0180. The van der Waals surface area contributed by atoms with E-state index in [0.717, 1.165) is 23.2 Å². The fourth-order valence-corrected chi connectivity index (χ4v) is 4.88. The Balaban J connectivity index is 1.27. The molecule has 1 amide bonds. The number of carbonyl (C=O) groups is 1. The fourth-order valence-electron chi connectivity index (χ4n) is 4.66. The number of rotatable bonds is 4. The molecule has 7 nitrogen and oxygen atoms in total. The molecule has 2 heterocycles. The lowest BCUT2D eigenvalue weighted by Gasteiger charge is -2.27. The van der Waals surface area contributed by atoms with E-state index < -0.39 is 23.8 Å². The molecule has 0 aliphatic heterocycles. The number of aromatic nitrogens is 3. The Morgan fingerprint density at radius 1 is 1.29 bits per heavy atom. The quantitative estimate of drug-likeness (QED) is 0.562. The van der Waals surface area contributed by atoms with E-state index >= 15 is 0 Å². The van der Waals surface area contributed by atoms with Gasteiger partial charge in [-0.25, -0.2) is 4.98 Å². The summed E-state index contributed by atoms with van der Waals surface area (Å²) in [5.74, 6) is -1.10. The van der Waals surface area contributed by atoms with Gasteiger partial charge in [0.2, 0.25) is 5.88 Å². The number of hydrogen-bond donors (Lipinski definition) is 3. The van der Waals surface area contributed by atoms with Gasteiger partial charge in [-0.2, -0.15) is 5.10 Å². The molecule has 2 atom stereocenters. The average Bonchev–Trinajstić information content (AvgIpc) is 3.04. The minimum Gasteiger partial charge on any atom is -0.388 e. The van der Waals surface area contributed by atoms with Gasteiger partial charge in [0.15, 0.2) is 0 Å². The van der Waals surface area contributed by atoms with Gasteiger partial charge in [-0.3, -0.25) is 9.89 Å². The van der Waals surface area contributed by atoms with Crippen LogP contribution >= 0.6 is 11.6 Å². The highest BCUT2D eigenvalue weighted by atomic mass is 35.5. The van der Waals surface area contributed by atoms with Crippen molar-refractivity contribution in [3.05, 3.63) is 52.8 Å². The van der Waals surface area contributed by atoms with Crippen molar-refractivity contribution in [3.8, 4) is 5.88 Å². The molecule has 2 aliphatic carbocycles. The third-order valence-corrected chi connectivity index (χ3v) is 6.24. The molecular weight excluding hydrogens is 437 g/mol. The summed E-state index contributed by atoms with van der Waals surface area (Å²) >= 11 is 6.19. The third-order valence-electron chi connectivity index (χ3n) is 6.02. The number of pyridine rings is 1. The van der Waals surface area contributed by atoms with E-state index in [2.05, 4.69) is 25.2 Å². The predicted molar refractivity (Wildman–Crippen MR) is 103 cm³/mol. The highest BCUT2D eigenvalue weighted by molar-refractivity contribution is 6.31. The van der Waals surface area contributed by atoms with Crippen LogP contribution < -0.4 is 10.1 Å². The Bertz CT molecular complexity index is 1170. The van der Waals surface area contributed by atoms with E-state index in [1.165, 1.54) is 6.07 Å². The van der Waals surface area contributed by atoms with Gasteiger partial charge in [-0.05, 0) is 48.4 Å². The highest BCUT2D eigenvalue weighted by Crippen LogP contribution is 2.60. The van der Waals surface area contributed by atoms with Gasteiger partial charge in [0.05, 0.1) is 17.3 Å². The van der Waals surface area contributed by atoms with Gasteiger partial charge in [-0.15, -0.1) is 13.2 Å². The number of fused-ring (bicyclic) bond motifs is 2. The topological polar surface area (TPSA) is 100 Å². The minimum atomic E-state index is -4.89. The first-order chi connectivity index (χ1) is 14.6. The number of nitrogens with zero attached hydrogens (tertiary/aromatic N) is 2. The number of ether oxygens (including phenoxy) is 1. The molecule has 1 aromatic carbocycles. The molecule has 2 aliphatic rings. The van der Waals surface area contributed by atoms with Crippen LogP contribution in [0.25, 0.3) is 10.9 Å². The molecule has 2 saturated carbocycles. The fraction of sp³-hybridized carbons (Fsp3) is 0.350. The van der Waals surface area contributed by atoms with Crippen LogP contribution in [0.15, 0.2) is 36.7 Å². The van der Waals surface area contributed by atoms with Crippen molar-refractivity contribution in [3.63, 3.8) is 0 Å². The number of carbonyl (C=O) groups excluding carboxylic acids is 1. The first-order valence-electron chi connectivity index (χ1n) is 9.51. The Kier molecular flexibility index (Phi) is 4.42. The molecule has 0 saturated heterocycles. The lowest BCUT2D eigenvalue weighted by atomic mass is 9.86. The van der Waals surface area contributed by atoms with Crippen LogP contribution in [0.4, 0.5) is 13.2 Å². The number of alkyl halides is 3. The molecule has 11 heteroatoms.